The molecule has 1 amide bonds. The van der Waals surface area contributed by atoms with E-state index in [0.717, 1.165) is 12.2 Å². The van der Waals surface area contributed by atoms with E-state index in [9.17, 15) is 4.79 Å². The van der Waals surface area contributed by atoms with Crippen LogP contribution in [0.25, 0.3) is 0 Å². The minimum absolute atomic E-state index is 0.0171. The molecule has 1 saturated carbocycles. The van der Waals surface area contributed by atoms with Gasteiger partial charge >= 0.3 is 0 Å². The van der Waals surface area contributed by atoms with Gasteiger partial charge in [-0.15, -0.1) is 0 Å². The fourth-order valence-corrected chi connectivity index (χ4v) is 3.18. The number of anilines is 1. The summed E-state index contributed by atoms with van der Waals surface area (Å²) in [6, 6.07) is 7.22. The maximum atomic E-state index is 11.9. The SMILES string of the molecule is CCC1(CNCC(=O)Nc2cccc(Cl)c2)CCCC1. The highest BCUT2D eigenvalue weighted by Gasteiger charge is 2.31. The summed E-state index contributed by atoms with van der Waals surface area (Å²) in [5, 5.41) is 6.79. The molecule has 0 heterocycles. The zero-order valence-corrected chi connectivity index (χ0v) is 12.8. The van der Waals surface area contributed by atoms with Crippen molar-refractivity contribution in [2.75, 3.05) is 18.4 Å². The van der Waals surface area contributed by atoms with Crippen molar-refractivity contribution in [3.63, 3.8) is 0 Å². The van der Waals surface area contributed by atoms with E-state index in [2.05, 4.69) is 17.6 Å². The molecule has 0 radical (unpaired) electrons. The second-order valence-corrected chi connectivity index (χ2v) is 6.16. The summed E-state index contributed by atoms with van der Waals surface area (Å²) >= 11 is 5.89. The summed E-state index contributed by atoms with van der Waals surface area (Å²) in [5.41, 5.74) is 1.16. The van der Waals surface area contributed by atoms with Crippen molar-refractivity contribution in [2.24, 2.45) is 5.41 Å². The van der Waals surface area contributed by atoms with Gasteiger partial charge < -0.3 is 10.6 Å². The van der Waals surface area contributed by atoms with Gasteiger partial charge in [0, 0.05) is 17.3 Å². The first-order chi connectivity index (χ1) is 9.63. The van der Waals surface area contributed by atoms with Crippen LogP contribution in [0.3, 0.4) is 0 Å². The lowest BCUT2D eigenvalue weighted by Gasteiger charge is -2.27. The highest BCUT2D eigenvalue weighted by atomic mass is 35.5. The molecular formula is C16H23ClN2O. The Morgan fingerprint density at radius 2 is 2.10 bits per heavy atom. The summed E-state index contributed by atoms with van der Waals surface area (Å²) in [6.07, 6.45) is 6.41. The van der Waals surface area contributed by atoms with Gasteiger partial charge in [0.25, 0.3) is 0 Å². The molecular weight excluding hydrogens is 272 g/mol. The van der Waals surface area contributed by atoms with Crippen molar-refractivity contribution in [3.8, 4) is 0 Å². The van der Waals surface area contributed by atoms with Gasteiger partial charge in [-0.3, -0.25) is 4.79 Å². The standard InChI is InChI=1S/C16H23ClN2O/c1-2-16(8-3-4-9-16)12-18-11-15(20)19-14-7-5-6-13(17)10-14/h5-7,10,18H,2-4,8-9,11-12H2,1H3,(H,19,20). The number of amides is 1. The molecule has 0 spiro atoms. The van der Waals surface area contributed by atoms with Crippen LogP contribution in [-0.4, -0.2) is 19.0 Å². The zero-order valence-electron chi connectivity index (χ0n) is 12.0. The molecule has 0 saturated heterocycles. The Kier molecular flexibility index (Phi) is 5.44. The van der Waals surface area contributed by atoms with Crippen LogP contribution in [0, 0.1) is 5.41 Å². The van der Waals surface area contributed by atoms with Crippen molar-refractivity contribution >= 4 is 23.2 Å². The molecule has 2 N–H and O–H groups in total. The predicted molar refractivity (Wildman–Crippen MR) is 84.1 cm³/mol. The van der Waals surface area contributed by atoms with Gasteiger partial charge in [-0.05, 0) is 42.9 Å². The van der Waals surface area contributed by atoms with Crippen molar-refractivity contribution < 1.29 is 4.79 Å². The van der Waals surface area contributed by atoms with Crippen LogP contribution in [-0.2, 0) is 4.79 Å². The Balaban J connectivity index is 1.75. The quantitative estimate of drug-likeness (QED) is 0.837. The van der Waals surface area contributed by atoms with E-state index in [1.54, 1.807) is 12.1 Å². The molecule has 1 aliphatic rings. The highest BCUT2D eigenvalue weighted by Crippen LogP contribution is 2.40. The van der Waals surface area contributed by atoms with Gasteiger partial charge in [0.1, 0.15) is 0 Å². The van der Waals surface area contributed by atoms with Crippen LogP contribution in [0.15, 0.2) is 24.3 Å². The van der Waals surface area contributed by atoms with Gasteiger partial charge in [-0.1, -0.05) is 37.4 Å². The summed E-state index contributed by atoms with van der Waals surface area (Å²) in [4.78, 5) is 11.9. The summed E-state index contributed by atoms with van der Waals surface area (Å²) in [7, 11) is 0. The van der Waals surface area contributed by atoms with Crippen LogP contribution in [0.5, 0.6) is 0 Å². The Hall–Kier alpha value is -1.06. The minimum atomic E-state index is -0.0171. The molecule has 0 aromatic heterocycles. The van der Waals surface area contributed by atoms with E-state index in [-0.39, 0.29) is 5.91 Å². The second-order valence-electron chi connectivity index (χ2n) is 5.72. The first-order valence-electron chi connectivity index (χ1n) is 7.40. The van der Waals surface area contributed by atoms with Crippen LogP contribution < -0.4 is 10.6 Å². The third-order valence-corrected chi connectivity index (χ3v) is 4.54. The lowest BCUT2D eigenvalue weighted by molar-refractivity contribution is -0.115. The molecule has 1 fully saturated rings. The van der Waals surface area contributed by atoms with Gasteiger partial charge in [-0.2, -0.15) is 0 Å². The minimum Gasteiger partial charge on any atom is -0.325 e. The number of carbonyl (C=O) groups excluding carboxylic acids is 1. The van der Waals surface area contributed by atoms with E-state index in [1.165, 1.54) is 32.1 Å². The first-order valence-corrected chi connectivity index (χ1v) is 7.77. The van der Waals surface area contributed by atoms with E-state index < -0.39 is 0 Å². The van der Waals surface area contributed by atoms with E-state index in [1.807, 2.05) is 12.1 Å². The van der Waals surface area contributed by atoms with Crippen molar-refractivity contribution in [1.82, 2.24) is 5.32 Å². The van der Waals surface area contributed by atoms with E-state index >= 15 is 0 Å². The van der Waals surface area contributed by atoms with Crippen molar-refractivity contribution in [1.29, 1.82) is 0 Å². The number of benzene rings is 1. The molecule has 3 nitrogen and oxygen atoms in total. The van der Waals surface area contributed by atoms with Crippen LogP contribution in [0.4, 0.5) is 5.69 Å². The predicted octanol–water partition coefficient (Wildman–Crippen LogP) is 3.84. The molecule has 110 valence electrons. The molecule has 1 aliphatic carbocycles. The third kappa shape index (κ3) is 4.22. The third-order valence-electron chi connectivity index (χ3n) is 4.31. The molecule has 0 atom stereocenters. The molecule has 0 aliphatic heterocycles. The molecule has 4 heteroatoms. The zero-order chi connectivity index (χ0) is 14.4. The second kappa shape index (κ2) is 7.09. The molecule has 20 heavy (non-hydrogen) atoms. The first kappa shape index (κ1) is 15.3. The molecule has 2 rings (SSSR count). The average molecular weight is 295 g/mol. The van der Waals surface area contributed by atoms with Crippen LogP contribution >= 0.6 is 11.6 Å². The van der Waals surface area contributed by atoms with Crippen LogP contribution in [0.2, 0.25) is 5.02 Å². The number of hydrogen-bond acceptors (Lipinski definition) is 2. The molecule has 0 bridgehead atoms. The summed E-state index contributed by atoms with van der Waals surface area (Å²) in [6.45, 7) is 3.54. The Bertz CT molecular complexity index is 456. The maximum Gasteiger partial charge on any atom is 0.238 e. The number of rotatable bonds is 6. The topological polar surface area (TPSA) is 41.1 Å². The number of halogens is 1. The Labute approximate surface area is 126 Å². The lowest BCUT2D eigenvalue weighted by atomic mass is 9.83. The van der Waals surface area contributed by atoms with E-state index in [4.69, 9.17) is 11.6 Å². The monoisotopic (exact) mass is 294 g/mol. The smallest absolute Gasteiger partial charge is 0.238 e. The summed E-state index contributed by atoms with van der Waals surface area (Å²) in [5.74, 6) is -0.0171. The van der Waals surface area contributed by atoms with E-state index in [0.29, 0.717) is 17.0 Å². The van der Waals surface area contributed by atoms with Gasteiger partial charge in [0.15, 0.2) is 0 Å². The fraction of sp³-hybridized carbons (Fsp3) is 0.562. The van der Waals surface area contributed by atoms with Crippen molar-refractivity contribution in [2.45, 2.75) is 39.0 Å². The molecule has 1 aromatic carbocycles. The van der Waals surface area contributed by atoms with Gasteiger partial charge in [0.05, 0.1) is 6.54 Å². The molecule has 0 unspecified atom stereocenters. The number of nitrogens with one attached hydrogen (secondary N) is 2. The molecule has 1 aromatic rings. The van der Waals surface area contributed by atoms with Gasteiger partial charge in [0.2, 0.25) is 5.91 Å². The average Bonchev–Trinajstić information content (AvgIpc) is 2.88. The highest BCUT2D eigenvalue weighted by molar-refractivity contribution is 6.30. The summed E-state index contributed by atoms with van der Waals surface area (Å²) < 4.78 is 0. The number of carbonyl (C=O) groups is 1. The normalized spacial score (nSPS) is 17.1. The Morgan fingerprint density at radius 3 is 2.75 bits per heavy atom. The van der Waals surface area contributed by atoms with Crippen molar-refractivity contribution in [3.05, 3.63) is 29.3 Å². The van der Waals surface area contributed by atoms with Gasteiger partial charge in [-0.25, -0.2) is 0 Å². The Morgan fingerprint density at radius 1 is 1.35 bits per heavy atom. The fourth-order valence-electron chi connectivity index (χ4n) is 2.99. The van der Waals surface area contributed by atoms with Crippen LogP contribution in [0.1, 0.15) is 39.0 Å². The maximum absolute atomic E-state index is 11.9. The lowest BCUT2D eigenvalue weighted by Crippen LogP contribution is -2.36. The number of hydrogen-bond donors (Lipinski definition) is 2. The largest absolute Gasteiger partial charge is 0.325 e.